The molecule has 4 rings (SSSR count). The zero-order valence-electron chi connectivity index (χ0n) is 18.2. The molecule has 4 aromatic rings. The van der Waals surface area contributed by atoms with Crippen LogP contribution in [0.4, 0.5) is 11.7 Å². The summed E-state index contributed by atoms with van der Waals surface area (Å²) in [6.07, 6.45) is 1.63. The fraction of sp³-hybridized carbons (Fsp3) is 0.182. The summed E-state index contributed by atoms with van der Waals surface area (Å²) in [5.41, 5.74) is 1.41. The maximum Gasteiger partial charge on any atom is 0.322 e. The lowest BCUT2D eigenvalue weighted by atomic mass is 10.2. The summed E-state index contributed by atoms with van der Waals surface area (Å²) in [4.78, 5) is 12.6. The third-order valence-electron chi connectivity index (χ3n) is 4.92. The van der Waals surface area contributed by atoms with Gasteiger partial charge in [0, 0.05) is 24.8 Å². The Morgan fingerprint density at radius 3 is 2.39 bits per heavy atom. The van der Waals surface area contributed by atoms with Crippen LogP contribution in [0, 0.1) is 0 Å². The molecule has 0 atom stereocenters. The van der Waals surface area contributed by atoms with Gasteiger partial charge in [0.25, 0.3) is 21.8 Å². The first kappa shape index (κ1) is 22.2. The molecule has 2 aromatic carbocycles. The summed E-state index contributed by atoms with van der Waals surface area (Å²) >= 11 is 0. The largest absolute Gasteiger partial charge is 0.401 e. The Morgan fingerprint density at radius 2 is 1.73 bits per heavy atom. The molecule has 0 radical (unpaired) electrons. The lowest BCUT2D eigenvalue weighted by molar-refractivity contribution is 0.102. The smallest absolute Gasteiger partial charge is 0.322 e. The summed E-state index contributed by atoms with van der Waals surface area (Å²) in [5, 5.41) is 14.6. The van der Waals surface area contributed by atoms with Gasteiger partial charge in [-0.2, -0.15) is 5.10 Å². The molecule has 0 spiro atoms. The van der Waals surface area contributed by atoms with Crippen molar-refractivity contribution in [1.29, 1.82) is 0 Å². The molecule has 0 aliphatic heterocycles. The summed E-state index contributed by atoms with van der Waals surface area (Å²) in [5.74, 6) is -0.287. The second-order valence-corrected chi connectivity index (χ2v) is 9.42. The van der Waals surface area contributed by atoms with Crippen LogP contribution in [0.5, 0.6) is 0 Å². The number of anilines is 2. The Labute approximate surface area is 190 Å². The van der Waals surface area contributed by atoms with Crippen molar-refractivity contribution in [1.82, 2.24) is 20.0 Å². The number of nitrogens with zero attached hydrogens (tertiary/aromatic N) is 5. The third kappa shape index (κ3) is 4.48. The summed E-state index contributed by atoms with van der Waals surface area (Å²) in [6.45, 7) is 3.94. The van der Waals surface area contributed by atoms with Crippen molar-refractivity contribution < 1.29 is 17.6 Å². The number of sulfonamides is 1. The van der Waals surface area contributed by atoms with Gasteiger partial charge in [0.2, 0.25) is 0 Å². The van der Waals surface area contributed by atoms with E-state index in [4.69, 9.17) is 4.42 Å². The molecule has 1 N–H and O–H groups in total. The molecule has 33 heavy (non-hydrogen) atoms. The normalized spacial score (nSPS) is 11.5. The second-order valence-electron chi connectivity index (χ2n) is 7.45. The van der Waals surface area contributed by atoms with Gasteiger partial charge in [-0.25, -0.2) is 8.42 Å². The summed E-state index contributed by atoms with van der Waals surface area (Å²) < 4.78 is 34.2. The molecular formula is C22H22N6O4S. The minimum Gasteiger partial charge on any atom is -0.401 e. The Balaban J connectivity index is 1.48. The summed E-state index contributed by atoms with van der Waals surface area (Å²) in [7, 11) is -2.30. The highest BCUT2D eigenvalue weighted by Crippen LogP contribution is 2.24. The minimum atomic E-state index is -3.77. The molecule has 0 saturated heterocycles. The standard InChI is InChI=1S/C22H22N6O4S/c1-15(2)28-19(13-14-23-28)21-25-26-22(32-21)24-20(29)16-9-11-18(12-10-16)33(30,31)27(3)17-7-5-4-6-8-17/h4-15H,1-3H3,(H,24,26,29). The highest BCUT2D eigenvalue weighted by molar-refractivity contribution is 7.92. The van der Waals surface area contributed by atoms with Crippen LogP contribution in [-0.4, -0.2) is 41.4 Å². The molecule has 0 fully saturated rings. The van der Waals surface area contributed by atoms with Crippen LogP contribution < -0.4 is 9.62 Å². The zero-order chi connectivity index (χ0) is 23.6. The van der Waals surface area contributed by atoms with E-state index in [-0.39, 0.29) is 28.4 Å². The molecule has 10 nitrogen and oxygen atoms in total. The first-order valence-electron chi connectivity index (χ1n) is 10.1. The van der Waals surface area contributed by atoms with E-state index in [1.54, 1.807) is 41.2 Å². The zero-order valence-corrected chi connectivity index (χ0v) is 19.0. The number of rotatable bonds is 7. The fourth-order valence-corrected chi connectivity index (χ4v) is 4.35. The van der Waals surface area contributed by atoms with Crippen LogP contribution >= 0.6 is 0 Å². The first-order valence-corrected chi connectivity index (χ1v) is 11.5. The average molecular weight is 467 g/mol. The fourth-order valence-electron chi connectivity index (χ4n) is 3.15. The number of nitrogens with one attached hydrogen (secondary N) is 1. The molecule has 170 valence electrons. The molecule has 0 unspecified atom stereocenters. The van der Waals surface area contributed by atoms with Crippen molar-refractivity contribution in [2.75, 3.05) is 16.7 Å². The van der Waals surface area contributed by atoms with Gasteiger partial charge < -0.3 is 4.42 Å². The predicted molar refractivity (Wildman–Crippen MR) is 122 cm³/mol. The SMILES string of the molecule is CC(C)n1nccc1-c1nnc(NC(=O)c2ccc(S(=O)(=O)N(C)c3ccccc3)cc2)o1. The van der Waals surface area contributed by atoms with Crippen molar-refractivity contribution in [3.63, 3.8) is 0 Å². The van der Waals surface area contributed by atoms with Gasteiger partial charge in [0.1, 0.15) is 5.69 Å². The number of aromatic nitrogens is 4. The monoisotopic (exact) mass is 466 g/mol. The van der Waals surface area contributed by atoms with Crippen LogP contribution in [0.15, 0.2) is 76.2 Å². The summed E-state index contributed by atoms with van der Waals surface area (Å²) in [6, 6.07) is 16.1. The van der Waals surface area contributed by atoms with Gasteiger partial charge in [0.05, 0.1) is 10.6 Å². The van der Waals surface area contributed by atoms with Crippen LogP contribution in [0.1, 0.15) is 30.2 Å². The number of hydrogen-bond acceptors (Lipinski definition) is 7. The molecule has 0 aliphatic rings. The molecule has 0 bridgehead atoms. The number of carbonyl (C=O) groups is 1. The molecule has 11 heteroatoms. The van der Waals surface area contributed by atoms with E-state index in [2.05, 4.69) is 20.6 Å². The highest BCUT2D eigenvalue weighted by Gasteiger charge is 2.22. The molecule has 0 saturated carbocycles. The van der Waals surface area contributed by atoms with Gasteiger partial charge in [-0.3, -0.25) is 19.1 Å². The molecule has 1 amide bonds. The van der Waals surface area contributed by atoms with Crippen LogP contribution in [0.25, 0.3) is 11.6 Å². The Bertz CT molecular complexity index is 1360. The van der Waals surface area contributed by atoms with E-state index in [9.17, 15) is 13.2 Å². The van der Waals surface area contributed by atoms with Gasteiger partial charge in [-0.15, -0.1) is 5.10 Å². The van der Waals surface area contributed by atoms with Crippen LogP contribution in [0.2, 0.25) is 0 Å². The van der Waals surface area contributed by atoms with Gasteiger partial charge in [-0.05, 0) is 56.3 Å². The number of amides is 1. The van der Waals surface area contributed by atoms with Gasteiger partial charge in [0.15, 0.2) is 0 Å². The Morgan fingerprint density at radius 1 is 1.03 bits per heavy atom. The lowest BCUT2D eigenvalue weighted by Gasteiger charge is -2.19. The molecule has 2 aromatic heterocycles. The predicted octanol–water partition coefficient (Wildman–Crippen LogP) is 3.59. The average Bonchev–Trinajstić information content (AvgIpc) is 3.49. The minimum absolute atomic E-state index is 0.0624. The highest BCUT2D eigenvalue weighted by atomic mass is 32.2. The van der Waals surface area contributed by atoms with Crippen molar-refractivity contribution >= 4 is 27.6 Å². The lowest BCUT2D eigenvalue weighted by Crippen LogP contribution is -2.26. The topological polar surface area (TPSA) is 123 Å². The van der Waals surface area contributed by atoms with Crippen LogP contribution in [-0.2, 0) is 10.0 Å². The molecule has 2 heterocycles. The molecular weight excluding hydrogens is 444 g/mol. The number of carbonyl (C=O) groups excluding carboxylic acids is 1. The van der Waals surface area contributed by atoms with E-state index in [0.29, 0.717) is 11.4 Å². The van der Waals surface area contributed by atoms with Crippen LogP contribution in [0.3, 0.4) is 0 Å². The Kier molecular flexibility index (Phi) is 5.97. The first-order chi connectivity index (χ1) is 15.8. The third-order valence-corrected chi connectivity index (χ3v) is 6.72. The van der Waals surface area contributed by atoms with E-state index < -0.39 is 15.9 Å². The van der Waals surface area contributed by atoms with Gasteiger partial charge >= 0.3 is 6.01 Å². The van der Waals surface area contributed by atoms with E-state index >= 15 is 0 Å². The quantitative estimate of drug-likeness (QED) is 0.441. The maximum absolute atomic E-state index is 12.9. The number of para-hydroxylation sites is 1. The van der Waals surface area contributed by atoms with Crippen molar-refractivity contribution in [3.8, 4) is 11.6 Å². The number of hydrogen-bond donors (Lipinski definition) is 1. The maximum atomic E-state index is 12.9. The van der Waals surface area contributed by atoms with E-state index in [1.165, 1.54) is 35.6 Å². The van der Waals surface area contributed by atoms with Crippen molar-refractivity contribution in [3.05, 3.63) is 72.4 Å². The van der Waals surface area contributed by atoms with Gasteiger partial charge in [-0.1, -0.05) is 23.3 Å². The Hall–Kier alpha value is -3.99. The van der Waals surface area contributed by atoms with Crippen molar-refractivity contribution in [2.24, 2.45) is 0 Å². The van der Waals surface area contributed by atoms with E-state index in [0.717, 1.165) is 0 Å². The number of benzene rings is 2. The second kappa shape index (κ2) is 8.87. The molecule has 0 aliphatic carbocycles. The van der Waals surface area contributed by atoms with Crippen molar-refractivity contribution in [2.45, 2.75) is 24.8 Å². The van der Waals surface area contributed by atoms with E-state index in [1.807, 2.05) is 19.9 Å².